The number of ether oxygens (including phenoxy) is 2. The van der Waals surface area contributed by atoms with Crippen molar-refractivity contribution in [1.82, 2.24) is 10.2 Å². The van der Waals surface area contributed by atoms with Crippen molar-refractivity contribution >= 4 is 0 Å². The molecule has 2 aromatic carbocycles. The van der Waals surface area contributed by atoms with Gasteiger partial charge in [-0.1, -0.05) is 12.1 Å². The van der Waals surface area contributed by atoms with Crippen LogP contribution in [0.25, 0.3) is 22.5 Å². The van der Waals surface area contributed by atoms with Gasteiger partial charge in [0.15, 0.2) is 0 Å². The van der Waals surface area contributed by atoms with Gasteiger partial charge in [-0.15, -0.1) is 13.2 Å². The summed E-state index contributed by atoms with van der Waals surface area (Å²) in [7, 11) is 0. The van der Waals surface area contributed by atoms with Crippen LogP contribution in [0.15, 0.2) is 54.6 Å². The minimum absolute atomic E-state index is 0.264. The second kappa shape index (κ2) is 6.88. The van der Waals surface area contributed by atoms with Gasteiger partial charge in [-0.25, -0.2) is 0 Å². The van der Waals surface area contributed by atoms with Crippen molar-refractivity contribution in [3.63, 3.8) is 0 Å². The Balaban J connectivity index is 1.80. The summed E-state index contributed by atoms with van der Waals surface area (Å²) < 4.78 is 45.9. The molecular weight excluding hydrogens is 333 g/mol. The Morgan fingerprint density at radius 1 is 0.960 bits per heavy atom. The number of hydrogen-bond donors (Lipinski definition) is 1. The van der Waals surface area contributed by atoms with E-state index in [0.717, 1.165) is 11.3 Å². The van der Waals surface area contributed by atoms with E-state index in [9.17, 15) is 13.2 Å². The molecule has 0 amide bonds. The average Bonchev–Trinajstić information content (AvgIpc) is 3.05. The molecule has 0 saturated heterocycles. The van der Waals surface area contributed by atoms with Gasteiger partial charge in [0.1, 0.15) is 11.5 Å². The first kappa shape index (κ1) is 16.9. The summed E-state index contributed by atoms with van der Waals surface area (Å²) in [6.07, 6.45) is -4.70. The van der Waals surface area contributed by atoms with E-state index in [2.05, 4.69) is 14.9 Å². The summed E-state index contributed by atoms with van der Waals surface area (Å²) in [5.41, 5.74) is 2.99. The molecule has 3 aromatic rings. The molecule has 3 rings (SSSR count). The number of hydrogen-bond acceptors (Lipinski definition) is 3. The molecule has 0 fully saturated rings. The number of halogens is 3. The van der Waals surface area contributed by atoms with Gasteiger partial charge < -0.3 is 9.47 Å². The van der Waals surface area contributed by atoms with Crippen molar-refractivity contribution in [3.8, 4) is 34.0 Å². The summed E-state index contributed by atoms with van der Waals surface area (Å²) in [6.45, 7) is 2.48. The van der Waals surface area contributed by atoms with Gasteiger partial charge in [-0.05, 0) is 55.0 Å². The molecule has 1 N–H and O–H groups in total. The molecule has 0 saturated carbocycles. The molecule has 0 aliphatic rings. The van der Waals surface area contributed by atoms with Crippen molar-refractivity contribution in [2.24, 2.45) is 0 Å². The van der Waals surface area contributed by atoms with Gasteiger partial charge in [-0.2, -0.15) is 5.10 Å². The van der Waals surface area contributed by atoms with Gasteiger partial charge in [0.2, 0.25) is 0 Å². The molecule has 0 radical (unpaired) electrons. The van der Waals surface area contributed by atoms with E-state index in [1.807, 2.05) is 37.3 Å². The molecule has 0 aliphatic carbocycles. The topological polar surface area (TPSA) is 47.1 Å². The maximum atomic E-state index is 12.2. The quantitative estimate of drug-likeness (QED) is 0.702. The van der Waals surface area contributed by atoms with Gasteiger partial charge >= 0.3 is 6.36 Å². The van der Waals surface area contributed by atoms with Crippen LogP contribution in [0.2, 0.25) is 0 Å². The van der Waals surface area contributed by atoms with Crippen LogP contribution in [0.4, 0.5) is 13.2 Å². The van der Waals surface area contributed by atoms with E-state index in [1.165, 1.54) is 24.3 Å². The lowest BCUT2D eigenvalue weighted by atomic mass is 10.1. The minimum Gasteiger partial charge on any atom is -0.494 e. The molecule has 0 unspecified atom stereocenters. The molecule has 1 aromatic heterocycles. The van der Waals surface area contributed by atoms with Crippen LogP contribution in [0.1, 0.15) is 6.92 Å². The van der Waals surface area contributed by atoms with E-state index in [0.29, 0.717) is 23.6 Å². The van der Waals surface area contributed by atoms with Gasteiger partial charge in [0.05, 0.1) is 18.0 Å². The largest absolute Gasteiger partial charge is 0.573 e. The van der Waals surface area contributed by atoms with Gasteiger partial charge in [0, 0.05) is 5.56 Å². The lowest BCUT2D eigenvalue weighted by Gasteiger charge is -2.08. The second-order valence-corrected chi connectivity index (χ2v) is 5.20. The predicted molar refractivity (Wildman–Crippen MR) is 87.3 cm³/mol. The van der Waals surface area contributed by atoms with Gasteiger partial charge in [0.25, 0.3) is 0 Å². The Morgan fingerprint density at radius 3 is 2.40 bits per heavy atom. The minimum atomic E-state index is -4.70. The van der Waals surface area contributed by atoms with E-state index in [4.69, 9.17) is 4.74 Å². The Morgan fingerprint density at radius 2 is 1.72 bits per heavy atom. The fourth-order valence-electron chi connectivity index (χ4n) is 2.37. The third-order valence-corrected chi connectivity index (χ3v) is 3.42. The molecule has 0 aliphatic heterocycles. The first-order valence-electron chi connectivity index (χ1n) is 7.59. The average molecular weight is 348 g/mol. The highest BCUT2D eigenvalue weighted by atomic mass is 19.4. The highest BCUT2D eigenvalue weighted by Crippen LogP contribution is 2.28. The maximum Gasteiger partial charge on any atom is 0.573 e. The normalized spacial score (nSPS) is 11.4. The maximum absolute atomic E-state index is 12.2. The van der Waals surface area contributed by atoms with Crippen LogP contribution < -0.4 is 9.47 Å². The fraction of sp³-hybridized carbons (Fsp3) is 0.167. The Bertz CT molecular complexity index is 842. The van der Waals surface area contributed by atoms with Crippen LogP contribution in [0.3, 0.4) is 0 Å². The molecule has 0 bridgehead atoms. The zero-order chi connectivity index (χ0) is 17.9. The Hall–Kier alpha value is -2.96. The Kier molecular flexibility index (Phi) is 4.65. The van der Waals surface area contributed by atoms with Crippen LogP contribution in [0.5, 0.6) is 11.5 Å². The summed E-state index contributed by atoms with van der Waals surface area (Å²) in [5, 5.41) is 7.14. The molecule has 130 valence electrons. The molecule has 0 spiro atoms. The lowest BCUT2D eigenvalue weighted by molar-refractivity contribution is -0.274. The lowest BCUT2D eigenvalue weighted by Crippen LogP contribution is -2.16. The number of aromatic nitrogens is 2. The highest BCUT2D eigenvalue weighted by molar-refractivity contribution is 5.69. The number of benzene rings is 2. The summed E-state index contributed by atoms with van der Waals surface area (Å²) in [5.74, 6) is 0.485. The molecule has 7 heteroatoms. The first-order valence-corrected chi connectivity index (χ1v) is 7.59. The van der Waals surface area contributed by atoms with Crippen LogP contribution in [-0.2, 0) is 0 Å². The monoisotopic (exact) mass is 348 g/mol. The van der Waals surface area contributed by atoms with Gasteiger partial charge in [-0.3, -0.25) is 5.10 Å². The highest BCUT2D eigenvalue weighted by Gasteiger charge is 2.30. The van der Waals surface area contributed by atoms with Crippen molar-refractivity contribution < 1.29 is 22.6 Å². The predicted octanol–water partition coefficient (Wildman–Crippen LogP) is 5.04. The van der Waals surface area contributed by atoms with Crippen LogP contribution in [0, 0.1) is 0 Å². The standard InChI is InChI=1S/C18H15F3N2O2/c1-2-24-15-5-3-4-13(10-15)17-11-16(22-23-17)12-6-8-14(9-7-12)25-18(19,20)21/h3-11H,2H2,1H3,(H,22,23). The smallest absolute Gasteiger partial charge is 0.494 e. The molecule has 0 atom stereocenters. The number of nitrogens with one attached hydrogen (secondary N) is 1. The van der Waals surface area contributed by atoms with Crippen LogP contribution in [-0.4, -0.2) is 23.2 Å². The molecule has 25 heavy (non-hydrogen) atoms. The molecular formula is C18H15F3N2O2. The van der Waals surface area contributed by atoms with Crippen molar-refractivity contribution in [1.29, 1.82) is 0 Å². The second-order valence-electron chi connectivity index (χ2n) is 5.20. The molecule has 1 heterocycles. The zero-order valence-electron chi connectivity index (χ0n) is 13.3. The number of rotatable bonds is 5. The van der Waals surface area contributed by atoms with E-state index in [-0.39, 0.29) is 5.75 Å². The Labute approximate surface area is 142 Å². The molecule has 4 nitrogen and oxygen atoms in total. The zero-order valence-corrected chi connectivity index (χ0v) is 13.3. The third-order valence-electron chi connectivity index (χ3n) is 3.42. The first-order chi connectivity index (χ1) is 11.9. The summed E-state index contributed by atoms with van der Waals surface area (Å²) in [4.78, 5) is 0. The number of aromatic amines is 1. The number of nitrogens with zero attached hydrogens (tertiary/aromatic N) is 1. The van der Waals surface area contributed by atoms with Crippen molar-refractivity contribution in [2.75, 3.05) is 6.61 Å². The summed E-state index contributed by atoms with van der Waals surface area (Å²) in [6, 6.07) is 14.9. The fourth-order valence-corrected chi connectivity index (χ4v) is 2.37. The van der Waals surface area contributed by atoms with Crippen molar-refractivity contribution in [3.05, 3.63) is 54.6 Å². The van der Waals surface area contributed by atoms with E-state index in [1.54, 1.807) is 0 Å². The van der Waals surface area contributed by atoms with E-state index >= 15 is 0 Å². The summed E-state index contributed by atoms with van der Waals surface area (Å²) >= 11 is 0. The number of H-pyrrole nitrogens is 1. The number of alkyl halides is 3. The van der Waals surface area contributed by atoms with Crippen LogP contribution >= 0.6 is 0 Å². The SMILES string of the molecule is CCOc1cccc(-c2cc(-c3ccc(OC(F)(F)F)cc3)[nH]n2)c1. The van der Waals surface area contributed by atoms with Crippen molar-refractivity contribution in [2.45, 2.75) is 13.3 Å². The van der Waals surface area contributed by atoms with E-state index < -0.39 is 6.36 Å². The third kappa shape index (κ3) is 4.32.